The molecule has 0 aromatic heterocycles. The number of para-hydroxylation sites is 3. The summed E-state index contributed by atoms with van der Waals surface area (Å²) in [4.78, 5) is 58.0. The molecule has 127 heavy (non-hydrogen) atoms. The smallest absolute Gasteiger partial charge is 0.343 e. The predicted octanol–water partition coefficient (Wildman–Crippen LogP) is 31.2. The predicted molar refractivity (Wildman–Crippen MR) is 529 cm³/mol. The molecule has 9 rings (SSSR count). The Morgan fingerprint density at radius 3 is 0.780 bits per heavy atom. The number of esters is 4. The number of benzene rings is 9. The minimum Gasteiger partial charge on any atom is -0.508 e. The van der Waals surface area contributed by atoms with Crippen LogP contribution in [0.3, 0.4) is 0 Å². The van der Waals surface area contributed by atoms with Crippen molar-refractivity contribution in [3.8, 4) is 34.5 Å². The van der Waals surface area contributed by atoms with Crippen molar-refractivity contribution in [2.24, 2.45) is 16.2 Å². The molecule has 0 fully saturated rings. The third-order valence-electron chi connectivity index (χ3n) is 22.1. The standard InChI is InChI=1S/C19H22O2.C17H18O2.C17H20O.3C10H20O2.3C10H14O/c1-4-14(2)17-11-9-16(10-12-17)13-21-19-8-6-5-7-18(19)15(3)20;1-3-13(2)14-9-11-15(12-10-14)17(18)19-16-7-5-4-6-8-16;1-3-14(2)16-11-9-15(10-12-16)13-18-17-7-5-4-6-8-17;3*1-7-10(5,6)8(11)12-9(2,3)4;3*1-3-8(2)9-4-6-10(11)7-5-9/h5-12,14H,4,13H2,1-3H3;4-13H,3H2,1-2H3;4-12,14H,3,13H2,1-2H3;3*7H2,1-6H3;3*4-8,11H,3H2,1-2H3. The van der Waals surface area contributed by atoms with Crippen LogP contribution in [0.15, 0.2) is 231 Å². The molecule has 14 nitrogen and oxygen atoms in total. The molecule has 0 amide bonds. The van der Waals surface area contributed by atoms with Crippen molar-refractivity contribution in [3.63, 3.8) is 0 Å². The molecular formula is C113H162O14. The van der Waals surface area contributed by atoms with Crippen molar-refractivity contribution in [2.75, 3.05) is 0 Å². The van der Waals surface area contributed by atoms with Crippen molar-refractivity contribution in [2.45, 2.75) is 338 Å². The molecule has 6 atom stereocenters. The van der Waals surface area contributed by atoms with Crippen LogP contribution in [0.5, 0.6) is 34.5 Å². The van der Waals surface area contributed by atoms with Crippen LogP contribution in [0, 0.1) is 16.2 Å². The maximum Gasteiger partial charge on any atom is 0.343 e. The Morgan fingerprint density at radius 2 is 0.528 bits per heavy atom. The minimum absolute atomic E-state index is 0.0257. The lowest BCUT2D eigenvalue weighted by molar-refractivity contribution is -0.166. The molecule has 3 N–H and O–H groups in total. The van der Waals surface area contributed by atoms with Gasteiger partial charge in [0, 0.05) is 0 Å². The highest BCUT2D eigenvalue weighted by molar-refractivity contribution is 5.96. The molecule has 9 aromatic rings. The highest BCUT2D eigenvalue weighted by Gasteiger charge is 2.33. The van der Waals surface area contributed by atoms with E-state index in [0.717, 1.165) is 62.7 Å². The molecule has 0 bridgehead atoms. The van der Waals surface area contributed by atoms with Gasteiger partial charge in [-0.2, -0.15) is 0 Å². The Kier molecular flexibility index (Phi) is 52.4. The summed E-state index contributed by atoms with van der Waals surface area (Å²) in [5.41, 5.74) is 9.26. The average molecular weight is 1740 g/mol. The van der Waals surface area contributed by atoms with Gasteiger partial charge in [0.05, 0.1) is 27.4 Å². The molecule has 0 spiro atoms. The van der Waals surface area contributed by atoms with E-state index >= 15 is 0 Å². The van der Waals surface area contributed by atoms with Gasteiger partial charge in [0.1, 0.15) is 64.5 Å². The zero-order valence-electron chi connectivity index (χ0n) is 83.5. The largest absolute Gasteiger partial charge is 0.508 e. The molecule has 0 aliphatic rings. The first-order valence-corrected chi connectivity index (χ1v) is 45.9. The van der Waals surface area contributed by atoms with E-state index < -0.39 is 0 Å². The van der Waals surface area contributed by atoms with Gasteiger partial charge in [-0.15, -0.1) is 0 Å². The molecule has 0 saturated heterocycles. The summed E-state index contributed by atoms with van der Waals surface area (Å²) in [6.45, 7) is 63.3. The van der Waals surface area contributed by atoms with E-state index in [1.807, 2.05) is 252 Å². The Labute approximate surface area is 767 Å². The molecule has 0 saturated carbocycles. The summed E-state index contributed by atoms with van der Waals surface area (Å²) < 4.78 is 32.6. The Morgan fingerprint density at radius 1 is 0.291 bits per heavy atom. The molecule has 0 aliphatic heterocycles. The first kappa shape index (κ1) is 115. The number of ether oxygens (including phenoxy) is 6. The molecular weight excluding hydrogens is 1580 g/mol. The number of Topliss-reactive ketones (excluding diaryl/α,β-unsaturated/α-hetero) is 1. The van der Waals surface area contributed by atoms with E-state index in [0.29, 0.717) is 88.6 Å². The Bertz CT molecular complexity index is 4270. The number of phenolic OH excluding ortho intramolecular Hbond substituents is 3. The number of carbonyl (C=O) groups is 5. The number of phenols is 3. The van der Waals surface area contributed by atoms with E-state index in [-0.39, 0.29) is 62.7 Å². The second-order valence-electron chi connectivity index (χ2n) is 37.6. The lowest BCUT2D eigenvalue weighted by Gasteiger charge is -2.27. The van der Waals surface area contributed by atoms with E-state index in [1.54, 1.807) is 61.5 Å². The lowest BCUT2D eigenvalue weighted by atomic mass is 9.90. The quantitative estimate of drug-likeness (QED) is 0.0190. The third kappa shape index (κ3) is 47.8. The van der Waals surface area contributed by atoms with Crippen molar-refractivity contribution >= 4 is 29.7 Å². The topological polar surface area (TPSA) is 201 Å². The second kappa shape index (κ2) is 58.1. The fraction of sp³-hybridized carbons (Fsp3) is 0.478. The molecule has 14 heteroatoms. The highest BCUT2D eigenvalue weighted by atomic mass is 16.6. The van der Waals surface area contributed by atoms with Gasteiger partial charge in [-0.25, -0.2) is 4.79 Å². The number of ketones is 1. The van der Waals surface area contributed by atoms with Gasteiger partial charge in [-0.05, 0) is 334 Å². The first-order valence-electron chi connectivity index (χ1n) is 45.9. The maximum atomic E-state index is 11.9. The second-order valence-corrected chi connectivity index (χ2v) is 37.6. The highest BCUT2D eigenvalue weighted by Crippen LogP contribution is 2.31. The molecule has 6 unspecified atom stereocenters. The van der Waals surface area contributed by atoms with Gasteiger partial charge in [0.2, 0.25) is 0 Å². The van der Waals surface area contributed by atoms with Crippen molar-refractivity contribution in [3.05, 3.63) is 286 Å². The van der Waals surface area contributed by atoms with E-state index in [9.17, 15) is 24.0 Å². The number of carbonyl (C=O) groups excluding carboxylic acids is 5. The Hall–Kier alpha value is -10.5. The van der Waals surface area contributed by atoms with Crippen molar-refractivity contribution in [1.29, 1.82) is 0 Å². The van der Waals surface area contributed by atoms with E-state index in [2.05, 4.69) is 132 Å². The molecule has 698 valence electrons. The van der Waals surface area contributed by atoms with Gasteiger partial charge in [-0.1, -0.05) is 249 Å². The van der Waals surface area contributed by atoms with Gasteiger partial charge >= 0.3 is 23.9 Å². The van der Waals surface area contributed by atoms with Gasteiger partial charge in [-0.3, -0.25) is 19.2 Å². The normalized spacial score (nSPS) is 12.5. The van der Waals surface area contributed by atoms with E-state index in [4.69, 9.17) is 43.7 Å². The fourth-order valence-electron chi connectivity index (χ4n) is 10.7. The van der Waals surface area contributed by atoms with Crippen molar-refractivity contribution < 1.29 is 67.7 Å². The number of aromatic hydroxyl groups is 3. The summed E-state index contributed by atoms with van der Waals surface area (Å²) in [6.07, 6.45) is 9.27. The SMILES string of the molecule is CCC(C)(C)C(=O)OC(C)(C)C.CCC(C)(C)C(=O)OC(C)(C)C.CCC(C)(C)C(=O)OC(C)(C)C.CCC(C)c1ccc(C(=O)Oc2ccccc2)cc1.CCC(C)c1ccc(COc2ccccc2)cc1.CCC(C)c1ccc(COc2ccccc2C(C)=O)cc1.CCC(C)c1ccc(O)cc1.CCC(C)c1ccc(O)cc1.CCC(C)c1ccc(O)cc1. The average Bonchev–Trinajstić information content (AvgIpc) is 0.874. The molecule has 0 aliphatic carbocycles. The molecule has 0 heterocycles. The lowest BCUT2D eigenvalue weighted by Crippen LogP contribution is -2.33. The van der Waals surface area contributed by atoms with E-state index in [1.165, 1.54) is 45.4 Å². The van der Waals surface area contributed by atoms with Crippen LogP contribution in [0.1, 0.15) is 373 Å². The monoisotopic (exact) mass is 1740 g/mol. The van der Waals surface area contributed by atoms with Crippen LogP contribution < -0.4 is 14.2 Å². The first-order chi connectivity index (χ1) is 59.4. The zero-order chi connectivity index (χ0) is 96.5. The van der Waals surface area contributed by atoms with Crippen LogP contribution in [-0.4, -0.2) is 61.8 Å². The van der Waals surface area contributed by atoms with Crippen LogP contribution in [-0.2, 0) is 41.8 Å². The molecule has 9 aromatic carbocycles. The van der Waals surface area contributed by atoms with Gasteiger partial charge < -0.3 is 43.7 Å². The van der Waals surface area contributed by atoms with Crippen LogP contribution in [0.25, 0.3) is 0 Å². The molecule has 0 radical (unpaired) electrons. The Balaban J connectivity index is 0.000000723. The van der Waals surface area contributed by atoms with Crippen LogP contribution in [0.2, 0.25) is 0 Å². The van der Waals surface area contributed by atoms with Crippen LogP contribution >= 0.6 is 0 Å². The van der Waals surface area contributed by atoms with Gasteiger partial charge in [0.15, 0.2) is 5.78 Å². The maximum absolute atomic E-state index is 11.9. The van der Waals surface area contributed by atoms with Crippen molar-refractivity contribution in [1.82, 2.24) is 0 Å². The number of hydrogen-bond donors (Lipinski definition) is 3. The fourth-order valence-corrected chi connectivity index (χ4v) is 10.7. The third-order valence-corrected chi connectivity index (χ3v) is 22.1. The summed E-state index contributed by atoms with van der Waals surface area (Å²) in [5.74, 6) is 6.05. The van der Waals surface area contributed by atoms with Crippen LogP contribution in [0.4, 0.5) is 0 Å². The van der Waals surface area contributed by atoms with Gasteiger partial charge in [0.25, 0.3) is 0 Å². The summed E-state index contributed by atoms with van der Waals surface area (Å²) in [6, 6.07) is 73.6. The number of hydrogen-bond acceptors (Lipinski definition) is 14. The number of rotatable bonds is 27. The summed E-state index contributed by atoms with van der Waals surface area (Å²) in [7, 11) is 0. The zero-order valence-corrected chi connectivity index (χ0v) is 83.5. The minimum atomic E-state index is -0.372. The summed E-state index contributed by atoms with van der Waals surface area (Å²) in [5, 5.41) is 27.0. The summed E-state index contributed by atoms with van der Waals surface area (Å²) >= 11 is 0.